The largest absolute Gasteiger partial charge is 0.454 e. The lowest BCUT2D eigenvalue weighted by molar-refractivity contribution is -0.129. The van der Waals surface area contributed by atoms with E-state index in [9.17, 15) is 4.79 Å². The lowest BCUT2D eigenvalue weighted by Crippen LogP contribution is -2.48. The molecule has 0 spiro atoms. The number of fused-ring (bicyclic) bond motifs is 2. The van der Waals surface area contributed by atoms with Crippen molar-refractivity contribution in [1.82, 2.24) is 9.88 Å². The van der Waals surface area contributed by atoms with Crippen LogP contribution in [-0.2, 0) is 4.79 Å². The van der Waals surface area contributed by atoms with Crippen molar-refractivity contribution >= 4 is 22.5 Å². The maximum absolute atomic E-state index is 12.2. The molecule has 5 rings (SSSR count). The van der Waals surface area contributed by atoms with Crippen LogP contribution in [0.2, 0.25) is 0 Å². The molecule has 26 heavy (non-hydrogen) atoms. The van der Waals surface area contributed by atoms with Gasteiger partial charge in [-0.1, -0.05) is 0 Å². The molecule has 2 fully saturated rings. The second-order valence-corrected chi connectivity index (χ2v) is 7.44. The number of amides is 1. The predicted molar refractivity (Wildman–Crippen MR) is 98.8 cm³/mol. The molecule has 6 heteroatoms. The van der Waals surface area contributed by atoms with E-state index < -0.39 is 0 Å². The van der Waals surface area contributed by atoms with E-state index in [0.29, 0.717) is 18.4 Å². The Morgan fingerprint density at radius 2 is 1.96 bits per heavy atom. The fourth-order valence-electron chi connectivity index (χ4n) is 4.47. The molecule has 3 aliphatic rings. The summed E-state index contributed by atoms with van der Waals surface area (Å²) >= 11 is 0. The van der Waals surface area contributed by atoms with Gasteiger partial charge in [0.15, 0.2) is 11.5 Å². The van der Waals surface area contributed by atoms with E-state index in [2.05, 4.69) is 15.9 Å². The predicted octanol–water partition coefficient (Wildman–Crippen LogP) is 2.86. The van der Waals surface area contributed by atoms with Crippen molar-refractivity contribution < 1.29 is 14.3 Å². The number of anilines is 1. The zero-order valence-corrected chi connectivity index (χ0v) is 15.0. The Labute approximate surface area is 152 Å². The highest BCUT2D eigenvalue weighted by atomic mass is 16.7. The molecule has 0 aliphatic carbocycles. The van der Waals surface area contributed by atoms with Gasteiger partial charge in [-0.15, -0.1) is 0 Å². The number of aryl methyl sites for hydroxylation is 1. The number of pyridine rings is 1. The first kappa shape index (κ1) is 15.7. The van der Waals surface area contributed by atoms with Crippen molar-refractivity contribution in [2.75, 3.05) is 31.3 Å². The van der Waals surface area contributed by atoms with Gasteiger partial charge in [-0.25, -0.2) is 0 Å². The Balaban J connectivity index is 1.52. The molecule has 0 bridgehead atoms. The van der Waals surface area contributed by atoms with E-state index in [1.165, 1.54) is 5.69 Å². The monoisotopic (exact) mass is 353 g/mol. The molecule has 0 N–H and O–H groups in total. The highest BCUT2D eigenvalue weighted by Crippen LogP contribution is 2.39. The number of ether oxygens (including phenoxy) is 2. The first-order valence-electron chi connectivity index (χ1n) is 9.44. The smallest absolute Gasteiger partial charge is 0.231 e. The second kappa shape index (κ2) is 6.04. The van der Waals surface area contributed by atoms with Crippen molar-refractivity contribution in [2.24, 2.45) is 0 Å². The van der Waals surface area contributed by atoms with Gasteiger partial charge in [-0.3, -0.25) is 9.78 Å². The molecule has 1 unspecified atom stereocenters. The van der Waals surface area contributed by atoms with Crippen LogP contribution in [0.5, 0.6) is 11.5 Å². The number of nitrogens with zero attached hydrogens (tertiary/aromatic N) is 3. The first-order chi connectivity index (χ1) is 12.7. The Hall–Kier alpha value is -2.50. The Kier molecular flexibility index (Phi) is 3.65. The summed E-state index contributed by atoms with van der Waals surface area (Å²) in [4.78, 5) is 21.4. The van der Waals surface area contributed by atoms with E-state index in [-0.39, 0.29) is 6.79 Å². The molecule has 0 saturated carbocycles. The van der Waals surface area contributed by atoms with Crippen molar-refractivity contribution in [1.29, 1.82) is 0 Å². The Bertz CT molecular complexity index is 882. The van der Waals surface area contributed by atoms with Crippen molar-refractivity contribution in [3.8, 4) is 11.5 Å². The summed E-state index contributed by atoms with van der Waals surface area (Å²) in [6.07, 6.45) is 3.89. The van der Waals surface area contributed by atoms with Crippen LogP contribution in [-0.4, -0.2) is 48.3 Å². The van der Waals surface area contributed by atoms with Crippen LogP contribution in [0.3, 0.4) is 0 Å². The van der Waals surface area contributed by atoms with Crippen LogP contribution < -0.4 is 14.4 Å². The fraction of sp³-hybridized carbons (Fsp3) is 0.500. The second-order valence-electron chi connectivity index (χ2n) is 7.44. The van der Waals surface area contributed by atoms with Gasteiger partial charge in [0.1, 0.15) is 0 Å². The molecule has 1 atom stereocenters. The molecule has 1 aromatic carbocycles. The average molecular weight is 353 g/mol. The minimum atomic E-state index is 0.267. The summed E-state index contributed by atoms with van der Waals surface area (Å²) < 4.78 is 11.1. The zero-order valence-electron chi connectivity index (χ0n) is 15.0. The summed E-state index contributed by atoms with van der Waals surface area (Å²) in [6, 6.07) is 6.49. The van der Waals surface area contributed by atoms with Crippen LogP contribution in [0.25, 0.3) is 10.9 Å². The molecular formula is C20H23N3O3. The third kappa shape index (κ3) is 2.55. The number of aromatic nitrogens is 1. The molecular weight excluding hydrogens is 330 g/mol. The number of likely N-dealkylation sites (tertiary alicyclic amines) is 1. The third-order valence-electron chi connectivity index (χ3n) is 5.70. The molecule has 2 aromatic rings. The number of carbonyl (C=O) groups is 1. The van der Waals surface area contributed by atoms with E-state index >= 15 is 0 Å². The van der Waals surface area contributed by atoms with Gasteiger partial charge in [0, 0.05) is 54.9 Å². The average Bonchev–Trinajstić information content (AvgIpc) is 3.27. The number of rotatable bonds is 2. The van der Waals surface area contributed by atoms with E-state index in [1.54, 1.807) is 0 Å². The molecule has 4 heterocycles. The third-order valence-corrected chi connectivity index (χ3v) is 5.70. The maximum atomic E-state index is 12.2. The number of hydrogen-bond acceptors (Lipinski definition) is 5. The van der Waals surface area contributed by atoms with Crippen molar-refractivity contribution in [3.63, 3.8) is 0 Å². The normalized spacial score (nSPS) is 22.5. The zero-order chi connectivity index (χ0) is 17.7. The van der Waals surface area contributed by atoms with Gasteiger partial charge < -0.3 is 19.3 Å². The SMILES string of the molecule is Cc1cc(N2CCCC(N3CCCC3=O)C2)c2cc3c(cc2n1)OCO3. The summed E-state index contributed by atoms with van der Waals surface area (Å²) in [6.45, 7) is 5.10. The van der Waals surface area contributed by atoms with Crippen LogP contribution in [0.4, 0.5) is 5.69 Å². The highest BCUT2D eigenvalue weighted by molar-refractivity contribution is 5.94. The molecule has 2 saturated heterocycles. The summed E-state index contributed by atoms with van der Waals surface area (Å²) in [5, 5.41) is 1.09. The fourth-order valence-corrected chi connectivity index (χ4v) is 4.47. The van der Waals surface area contributed by atoms with Crippen LogP contribution in [0, 0.1) is 6.92 Å². The number of hydrogen-bond donors (Lipinski definition) is 0. The molecule has 1 aromatic heterocycles. The summed E-state index contributed by atoms with van der Waals surface area (Å²) in [5.74, 6) is 1.87. The Morgan fingerprint density at radius 1 is 1.12 bits per heavy atom. The van der Waals surface area contributed by atoms with E-state index in [4.69, 9.17) is 14.5 Å². The van der Waals surface area contributed by atoms with E-state index in [1.807, 2.05) is 19.1 Å². The van der Waals surface area contributed by atoms with Crippen LogP contribution in [0.15, 0.2) is 18.2 Å². The van der Waals surface area contributed by atoms with Gasteiger partial charge in [0.05, 0.1) is 5.52 Å². The Morgan fingerprint density at radius 3 is 2.77 bits per heavy atom. The molecule has 1 amide bonds. The lowest BCUT2D eigenvalue weighted by Gasteiger charge is -2.39. The van der Waals surface area contributed by atoms with Crippen LogP contribution in [0.1, 0.15) is 31.4 Å². The number of benzene rings is 1. The quantitative estimate of drug-likeness (QED) is 0.831. The molecule has 0 radical (unpaired) electrons. The lowest BCUT2D eigenvalue weighted by atomic mass is 10.0. The van der Waals surface area contributed by atoms with E-state index in [0.717, 1.165) is 67.0 Å². The molecule has 3 aliphatic heterocycles. The van der Waals surface area contributed by atoms with Gasteiger partial charge in [0.2, 0.25) is 12.7 Å². The topological polar surface area (TPSA) is 54.9 Å². The van der Waals surface area contributed by atoms with Crippen molar-refractivity contribution in [2.45, 2.75) is 38.6 Å². The van der Waals surface area contributed by atoms with Gasteiger partial charge in [-0.2, -0.15) is 0 Å². The van der Waals surface area contributed by atoms with Crippen molar-refractivity contribution in [3.05, 3.63) is 23.9 Å². The van der Waals surface area contributed by atoms with Crippen LogP contribution >= 0.6 is 0 Å². The standard InChI is InChI=1S/C20H23N3O3/c1-13-8-17(15-9-18-19(26-12-25-18)10-16(15)21-13)22-6-2-4-14(11-22)23-7-3-5-20(23)24/h8-10,14H,2-7,11-12H2,1H3. The summed E-state index contributed by atoms with van der Waals surface area (Å²) in [7, 11) is 0. The maximum Gasteiger partial charge on any atom is 0.231 e. The molecule has 6 nitrogen and oxygen atoms in total. The van der Waals surface area contributed by atoms with Gasteiger partial charge in [0.25, 0.3) is 0 Å². The molecule has 136 valence electrons. The number of carbonyl (C=O) groups excluding carboxylic acids is 1. The summed E-state index contributed by atoms with van der Waals surface area (Å²) in [5.41, 5.74) is 3.11. The number of piperidine rings is 1. The highest BCUT2D eigenvalue weighted by Gasteiger charge is 2.32. The first-order valence-corrected chi connectivity index (χ1v) is 9.44. The van der Waals surface area contributed by atoms with Gasteiger partial charge >= 0.3 is 0 Å². The minimum absolute atomic E-state index is 0.267. The van der Waals surface area contributed by atoms with Gasteiger partial charge in [-0.05, 0) is 38.3 Å². The minimum Gasteiger partial charge on any atom is -0.454 e.